The van der Waals surface area contributed by atoms with Crippen LogP contribution in [0.1, 0.15) is 11.8 Å². The molecule has 0 aliphatic carbocycles. The zero-order valence-corrected chi connectivity index (χ0v) is 10.5. The fourth-order valence-corrected chi connectivity index (χ4v) is 2.44. The lowest BCUT2D eigenvalue weighted by molar-refractivity contribution is 0.864. The van der Waals surface area contributed by atoms with Crippen molar-refractivity contribution in [1.29, 1.82) is 0 Å². The Morgan fingerprint density at radius 3 is 2.92 bits per heavy atom. The number of rotatable bonds is 3. The third-order valence-electron chi connectivity index (χ3n) is 1.38. The Kier molecular flexibility index (Phi) is 4.69. The highest BCUT2D eigenvalue weighted by molar-refractivity contribution is 9.10. The van der Waals surface area contributed by atoms with Gasteiger partial charge in [0.25, 0.3) is 0 Å². The predicted octanol–water partition coefficient (Wildman–Crippen LogP) is 2.49. The van der Waals surface area contributed by atoms with Gasteiger partial charge in [0, 0.05) is 21.3 Å². The van der Waals surface area contributed by atoms with Crippen molar-refractivity contribution in [2.45, 2.75) is 13.5 Å². The monoisotopic (exact) mass is 278 g/mol. The standard InChI is InChI=1S/C8H11BrN2S2/c1-2-10-8(12)11-4-7-3-6(9)5-13-7/h3,5H,2,4H2,1H3,(H2,10,11,12). The van der Waals surface area contributed by atoms with Crippen LogP contribution in [0.2, 0.25) is 0 Å². The molecule has 0 aliphatic rings. The van der Waals surface area contributed by atoms with Crippen LogP contribution in [0.15, 0.2) is 15.9 Å². The molecule has 0 fully saturated rings. The fraction of sp³-hybridized carbons (Fsp3) is 0.375. The SMILES string of the molecule is CCNC(=S)NCc1cc(Br)cs1. The number of nitrogens with one attached hydrogen (secondary N) is 2. The van der Waals surface area contributed by atoms with Crippen LogP contribution in [0.25, 0.3) is 0 Å². The summed E-state index contributed by atoms with van der Waals surface area (Å²) >= 11 is 10.1. The van der Waals surface area contributed by atoms with E-state index in [4.69, 9.17) is 12.2 Å². The molecule has 0 aromatic carbocycles. The summed E-state index contributed by atoms with van der Waals surface area (Å²) in [6, 6.07) is 2.09. The van der Waals surface area contributed by atoms with E-state index in [-0.39, 0.29) is 0 Å². The van der Waals surface area contributed by atoms with Gasteiger partial charge in [-0.15, -0.1) is 11.3 Å². The van der Waals surface area contributed by atoms with Gasteiger partial charge in [-0.1, -0.05) is 0 Å². The van der Waals surface area contributed by atoms with E-state index in [9.17, 15) is 0 Å². The minimum atomic E-state index is 0.715. The molecule has 2 nitrogen and oxygen atoms in total. The summed E-state index contributed by atoms with van der Waals surface area (Å²) in [5.41, 5.74) is 0. The smallest absolute Gasteiger partial charge is 0.166 e. The molecule has 0 aliphatic heterocycles. The molecule has 0 bridgehead atoms. The number of thiophene rings is 1. The van der Waals surface area contributed by atoms with Gasteiger partial charge >= 0.3 is 0 Å². The van der Waals surface area contributed by atoms with Crippen LogP contribution in [0.5, 0.6) is 0 Å². The first-order chi connectivity index (χ1) is 6.22. The minimum Gasteiger partial charge on any atom is -0.363 e. The fourth-order valence-electron chi connectivity index (χ4n) is 0.837. The third kappa shape index (κ3) is 4.06. The highest BCUT2D eigenvalue weighted by Gasteiger charge is 1.97. The first-order valence-corrected chi connectivity index (χ1v) is 6.05. The molecule has 1 aromatic rings. The normalized spacial score (nSPS) is 9.69. The topological polar surface area (TPSA) is 24.1 Å². The van der Waals surface area contributed by atoms with Crippen LogP contribution in [-0.4, -0.2) is 11.7 Å². The Morgan fingerprint density at radius 2 is 2.38 bits per heavy atom. The van der Waals surface area contributed by atoms with Crippen LogP contribution in [0.4, 0.5) is 0 Å². The highest BCUT2D eigenvalue weighted by Crippen LogP contribution is 2.19. The quantitative estimate of drug-likeness (QED) is 0.831. The van der Waals surface area contributed by atoms with Gasteiger partial charge in [0.2, 0.25) is 0 Å². The summed E-state index contributed by atoms with van der Waals surface area (Å²) in [5.74, 6) is 0. The Balaban J connectivity index is 2.30. The van der Waals surface area contributed by atoms with Gasteiger partial charge in [-0.05, 0) is 41.1 Å². The van der Waals surface area contributed by atoms with E-state index >= 15 is 0 Å². The average Bonchev–Trinajstić information content (AvgIpc) is 2.49. The molecule has 0 amide bonds. The number of halogens is 1. The molecule has 2 N–H and O–H groups in total. The molecular weight excluding hydrogens is 268 g/mol. The lowest BCUT2D eigenvalue weighted by atomic mass is 10.5. The van der Waals surface area contributed by atoms with Gasteiger partial charge in [0.1, 0.15) is 0 Å². The lowest BCUT2D eigenvalue weighted by Gasteiger charge is -2.06. The maximum Gasteiger partial charge on any atom is 0.166 e. The van der Waals surface area contributed by atoms with Crippen molar-refractivity contribution in [2.75, 3.05) is 6.54 Å². The second kappa shape index (κ2) is 5.57. The molecule has 0 saturated heterocycles. The summed E-state index contributed by atoms with van der Waals surface area (Å²) < 4.78 is 1.13. The van der Waals surface area contributed by atoms with E-state index in [0.29, 0.717) is 5.11 Å². The van der Waals surface area contributed by atoms with Gasteiger partial charge in [-0.25, -0.2) is 0 Å². The maximum absolute atomic E-state index is 5.03. The summed E-state index contributed by atoms with van der Waals surface area (Å²) in [5, 5.41) is 8.94. The van der Waals surface area contributed by atoms with Crippen LogP contribution >= 0.6 is 39.5 Å². The second-order valence-corrected chi connectivity index (χ2v) is 4.76. The minimum absolute atomic E-state index is 0.715. The Labute approximate surface area is 95.9 Å². The van der Waals surface area contributed by atoms with Gasteiger partial charge < -0.3 is 10.6 Å². The molecule has 1 heterocycles. The van der Waals surface area contributed by atoms with Crippen molar-refractivity contribution in [3.63, 3.8) is 0 Å². The van der Waals surface area contributed by atoms with Crippen molar-refractivity contribution in [3.05, 3.63) is 20.8 Å². The first-order valence-electron chi connectivity index (χ1n) is 3.97. The molecule has 13 heavy (non-hydrogen) atoms. The van der Waals surface area contributed by atoms with E-state index in [2.05, 4.69) is 38.0 Å². The van der Waals surface area contributed by atoms with Gasteiger partial charge in [-0.2, -0.15) is 0 Å². The van der Waals surface area contributed by atoms with Crippen LogP contribution in [0.3, 0.4) is 0 Å². The molecule has 0 unspecified atom stereocenters. The van der Waals surface area contributed by atoms with E-state index in [0.717, 1.165) is 17.6 Å². The van der Waals surface area contributed by atoms with Crippen molar-refractivity contribution < 1.29 is 0 Å². The van der Waals surface area contributed by atoms with Crippen molar-refractivity contribution in [3.8, 4) is 0 Å². The molecule has 0 radical (unpaired) electrons. The van der Waals surface area contributed by atoms with E-state index in [1.54, 1.807) is 11.3 Å². The van der Waals surface area contributed by atoms with Crippen LogP contribution in [-0.2, 0) is 6.54 Å². The van der Waals surface area contributed by atoms with Crippen molar-refractivity contribution in [1.82, 2.24) is 10.6 Å². The summed E-state index contributed by atoms with van der Waals surface area (Å²) in [6.45, 7) is 3.68. The Hall–Kier alpha value is -0.130. The highest BCUT2D eigenvalue weighted by atomic mass is 79.9. The van der Waals surface area contributed by atoms with E-state index in [1.165, 1.54) is 4.88 Å². The number of thiocarbonyl (C=S) groups is 1. The summed E-state index contributed by atoms with van der Waals surface area (Å²) in [7, 11) is 0. The maximum atomic E-state index is 5.03. The molecule has 0 saturated carbocycles. The zero-order valence-electron chi connectivity index (χ0n) is 7.26. The lowest BCUT2D eigenvalue weighted by Crippen LogP contribution is -2.34. The Morgan fingerprint density at radius 1 is 1.62 bits per heavy atom. The van der Waals surface area contributed by atoms with Crippen LogP contribution in [0, 0.1) is 0 Å². The largest absolute Gasteiger partial charge is 0.363 e. The van der Waals surface area contributed by atoms with Crippen molar-refractivity contribution in [2.24, 2.45) is 0 Å². The van der Waals surface area contributed by atoms with Crippen molar-refractivity contribution >= 4 is 44.6 Å². The van der Waals surface area contributed by atoms with Gasteiger partial charge in [0.15, 0.2) is 5.11 Å². The molecular formula is C8H11BrN2S2. The molecule has 0 spiro atoms. The van der Waals surface area contributed by atoms with Gasteiger partial charge in [-0.3, -0.25) is 0 Å². The van der Waals surface area contributed by atoms with E-state index in [1.807, 2.05) is 6.92 Å². The number of hydrogen-bond donors (Lipinski definition) is 2. The predicted molar refractivity (Wildman–Crippen MR) is 65.1 cm³/mol. The van der Waals surface area contributed by atoms with Crippen LogP contribution < -0.4 is 10.6 Å². The summed E-state index contributed by atoms with van der Waals surface area (Å²) in [6.07, 6.45) is 0. The molecule has 5 heteroatoms. The zero-order chi connectivity index (χ0) is 9.68. The molecule has 1 rings (SSSR count). The third-order valence-corrected chi connectivity index (χ3v) is 3.37. The average molecular weight is 279 g/mol. The Bertz CT molecular complexity index is 285. The van der Waals surface area contributed by atoms with E-state index < -0.39 is 0 Å². The second-order valence-electron chi connectivity index (χ2n) is 2.44. The molecule has 0 atom stereocenters. The first kappa shape index (κ1) is 10.9. The summed E-state index contributed by atoms with van der Waals surface area (Å²) in [4.78, 5) is 1.27. The number of hydrogen-bond acceptors (Lipinski definition) is 2. The van der Waals surface area contributed by atoms with Gasteiger partial charge in [0.05, 0.1) is 6.54 Å². The molecule has 1 aromatic heterocycles. The molecule has 72 valence electrons.